The van der Waals surface area contributed by atoms with E-state index in [-0.39, 0.29) is 0 Å². The summed E-state index contributed by atoms with van der Waals surface area (Å²) < 4.78 is 0. The van der Waals surface area contributed by atoms with E-state index in [9.17, 15) is 5.11 Å². The van der Waals surface area contributed by atoms with Crippen molar-refractivity contribution in [1.82, 2.24) is 0 Å². The summed E-state index contributed by atoms with van der Waals surface area (Å²) in [6.45, 7) is 9.19. The molecule has 1 nitrogen and oxygen atoms in total. The second-order valence-electron chi connectivity index (χ2n) is 4.98. The third-order valence-electron chi connectivity index (χ3n) is 2.97. The number of aromatic hydroxyl groups is 1. The highest BCUT2D eigenvalue weighted by Gasteiger charge is 2.15. The minimum absolute atomic E-state index is 0.374. The minimum Gasteiger partial charge on any atom is -0.507 e. The quantitative estimate of drug-likeness (QED) is 0.781. The summed E-state index contributed by atoms with van der Waals surface area (Å²) in [5.41, 5.74) is 4.82. The number of hydrogen-bond acceptors (Lipinski definition) is 1. The van der Waals surface area contributed by atoms with E-state index in [1.165, 1.54) is 0 Å². The Kier molecular flexibility index (Phi) is 4.81. The first-order valence-corrected chi connectivity index (χ1v) is 7.98. The Hall–Kier alpha value is -1.02. The first-order valence-electron chi connectivity index (χ1n) is 5.98. The van der Waals surface area contributed by atoms with E-state index in [1.54, 1.807) is 6.07 Å². The molecule has 0 aliphatic carbocycles. The lowest BCUT2D eigenvalue weighted by atomic mass is 10.2. The highest BCUT2D eigenvalue weighted by Crippen LogP contribution is 2.23. The topological polar surface area (TPSA) is 20.2 Å². The van der Waals surface area contributed by atoms with Gasteiger partial charge in [0, 0.05) is 5.56 Å². The van der Waals surface area contributed by atoms with Crippen LogP contribution in [0.15, 0.2) is 30.0 Å². The molecule has 0 saturated heterocycles. The maximum atomic E-state index is 9.66. The van der Waals surface area contributed by atoms with Crippen molar-refractivity contribution in [2.75, 3.05) is 0 Å². The Balaban J connectivity index is 2.83. The predicted octanol–water partition coefficient (Wildman–Crippen LogP) is 3.99. The zero-order valence-electron chi connectivity index (χ0n) is 10.6. The summed E-state index contributed by atoms with van der Waals surface area (Å²) in [5.74, 6) is 0.374. The molecule has 0 saturated carbocycles. The van der Waals surface area contributed by atoms with Gasteiger partial charge in [-0.2, -0.15) is 0 Å². The Labute approximate surface area is 100 Å². The molecular formula is C14H22OSi. The molecule has 0 fully saturated rings. The SMILES string of the molecule is CC(C)[SiH](C=Cc1ccccc1O)C(C)C. The third-order valence-corrected chi connectivity index (χ3v) is 6.69. The fourth-order valence-corrected chi connectivity index (χ4v) is 4.92. The molecule has 0 aromatic heterocycles. The van der Waals surface area contributed by atoms with Gasteiger partial charge in [-0.3, -0.25) is 0 Å². The van der Waals surface area contributed by atoms with Crippen LogP contribution in [0.4, 0.5) is 0 Å². The molecule has 1 N–H and O–H groups in total. The van der Waals surface area contributed by atoms with Crippen LogP contribution in [-0.4, -0.2) is 13.9 Å². The van der Waals surface area contributed by atoms with E-state index in [1.807, 2.05) is 18.2 Å². The lowest BCUT2D eigenvalue weighted by Gasteiger charge is -2.19. The smallest absolute Gasteiger partial charge is 0.122 e. The molecule has 0 spiro atoms. The average molecular weight is 234 g/mol. The summed E-state index contributed by atoms with van der Waals surface area (Å²) in [6, 6.07) is 7.51. The van der Waals surface area contributed by atoms with E-state index in [0.29, 0.717) is 5.75 Å². The molecule has 0 aliphatic rings. The Bertz CT molecular complexity index is 348. The maximum Gasteiger partial charge on any atom is 0.122 e. The number of phenolic OH excluding ortho intramolecular Hbond substituents is 1. The van der Waals surface area contributed by atoms with Crippen molar-refractivity contribution in [2.45, 2.75) is 38.8 Å². The molecular weight excluding hydrogens is 212 g/mol. The molecule has 1 aromatic rings. The van der Waals surface area contributed by atoms with Crippen LogP contribution in [0.25, 0.3) is 6.08 Å². The molecule has 0 radical (unpaired) electrons. The molecule has 1 aromatic carbocycles. The van der Waals surface area contributed by atoms with Gasteiger partial charge in [-0.15, -0.1) is 0 Å². The average Bonchev–Trinajstić information content (AvgIpc) is 2.20. The third kappa shape index (κ3) is 3.53. The van der Waals surface area contributed by atoms with Crippen LogP contribution in [0.1, 0.15) is 33.3 Å². The van der Waals surface area contributed by atoms with Gasteiger partial charge in [-0.05, 0) is 6.07 Å². The second-order valence-corrected chi connectivity index (χ2v) is 9.19. The molecule has 0 aliphatic heterocycles. The number of rotatable bonds is 4. The van der Waals surface area contributed by atoms with Crippen molar-refractivity contribution < 1.29 is 5.11 Å². The van der Waals surface area contributed by atoms with E-state index < -0.39 is 8.80 Å². The Morgan fingerprint density at radius 3 is 2.12 bits per heavy atom. The largest absolute Gasteiger partial charge is 0.507 e. The van der Waals surface area contributed by atoms with Crippen LogP contribution in [0.3, 0.4) is 0 Å². The van der Waals surface area contributed by atoms with Crippen molar-refractivity contribution in [3.05, 3.63) is 35.5 Å². The standard InChI is InChI=1S/C14H22OSi/c1-11(2)16(12(3)4)10-9-13-7-5-6-8-14(13)15/h5-12,15-16H,1-4H3. The van der Waals surface area contributed by atoms with Crippen molar-refractivity contribution >= 4 is 14.9 Å². The van der Waals surface area contributed by atoms with Crippen LogP contribution < -0.4 is 0 Å². The van der Waals surface area contributed by atoms with E-state index in [2.05, 4.69) is 39.5 Å². The van der Waals surface area contributed by atoms with Gasteiger partial charge in [-0.1, -0.05) is 68.8 Å². The van der Waals surface area contributed by atoms with Crippen molar-refractivity contribution in [3.8, 4) is 5.75 Å². The molecule has 2 heteroatoms. The van der Waals surface area contributed by atoms with Gasteiger partial charge in [0.25, 0.3) is 0 Å². The lowest BCUT2D eigenvalue weighted by Crippen LogP contribution is -2.17. The molecule has 88 valence electrons. The number of phenols is 1. The summed E-state index contributed by atoms with van der Waals surface area (Å²) in [7, 11) is -0.862. The molecule has 0 unspecified atom stereocenters. The summed E-state index contributed by atoms with van der Waals surface area (Å²) in [6.07, 6.45) is 2.09. The zero-order valence-corrected chi connectivity index (χ0v) is 11.8. The summed E-state index contributed by atoms with van der Waals surface area (Å²) in [4.78, 5) is 0. The van der Waals surface area contributed by atoms with E-state index in [4.69, 9.17) is 0 Å². The number of hydrogen-bond donors (Lipinski definition) is 1. The normalized spacial score (nSPS) is 12.2. The van der Waals surface area contributed by atoms with Crippen LogP contribution in [0, 0.1) is 0 Å². The first kappa shape index (κ1) is 13.0. The van der Waals surface area contributed by atoms with Crippen molar-refractivity contribution in [2.24, 2.45) is 0 Å². The molecule has 0 amide bonds. The van der Waals surface area contributed by atoms with Gasteiger partial charge in [0.15, 0.2) is 0 Å². The van der Waals surface area contributed by atoms with Gasteiger partial charge < -0.3 is 5.11 Å². The fraction of sp³-hybridized carbons (Fsp3) is 0.429. The molecule has 0 bridgehead atoms. The lowest BCUT2D eigenvalue weighted by molar-refractivity contribution is 0.474. The van der Waals surface area contributed by atoms with Gasteiger partial charge in [0.2, 0.25) is 0 Å². The van der Waals surface area contributed by atoms with Crippen molar-refractivity contribution in [1.29, 1.82) is 0 Å². The van der Waals surface area contributed by atoms with E-state index >= 15 is 0 Å². The van der Waals surface area contributed by atoms with Gasteiger partial charge in [0.05, 0.1) is 8.80 Å². The first-order chi connectivity index (χ1) is 7.52. The highest BCUT2D eigenvalue weighted by atomic mass is 28.3. The van der Waals surface area contributed by atoms with E-state index in [0.717, 1.165) is 16.6 Å². The highest BCUT2D eigenvalue weighted by molar-refractivity contribution is 6.67. The van der Waals surface area contributed by atoms with Crippen molar-refractivity contribution in [3.63, 3.8) is 0 Å². The molecule has 0 atom stereocenters. The predicted molar refractivity (Wildman–Crippen MR) is 74.5 cm³/mol. The van der Waals surface area contributed by atoms with Crippen LogP contribution in [0.5, 0.6) is 5.75 Å². The second kappa shape index (κ2) is 5.90. The monoisotopic (exact) mass is 234 g/mol. The summed E-state index contributed by atoms with van der Waals surface area (Å²) >= 11 is 0. The van der Waals surface area contributed by atoms with Crippen LogP contribution in [-0.2, 0) is 0 Å². The fourth-order valence-electron chi connectivity index (χ4n) is 2.06. The van der Waals surface area contributed by atoms with Crippen LogP contribution in [0.2, 0.25) is 11.1 Å². The zero-order chi connectivity index (χ0) is 12.1. The maximum absolute atomic E-state index is 9.66. The Morgan fingerprint density at radius 1 is 1.06 bits per heavy atom. The van der Waals surface area contributed by atoms with Gasteiger partial charge >= 0.3 is 0 Å². The van der Waals surface area contributed by atoms with Gasteiger partial charge in [-0.25, -0.2) is 0 Å². The Morgan fingerprint density at radius 2 is 1.62 bits per heavy atom. The summed E-state index contributed by atoms with van der Waals surface area (Å²) in [5, 5.41) is 9.66. The molecule has 16 heavy (non-hydrogen) atoms. The van der Waals surface area contributed by atoms with Gasteiger partial charge in [0.1, 0.15) is 5.75 Å². The number of para-hydroxylation sites is 1. The van der Waals surface area contributed by atoms with Crippen LogP contribution >= 0.6 is 0 Å². The molecule has 1 rings (SSSR count). The molecule has 0 heterocycles. The number of benzene rings is 1. The minimum atomic E-state index is -0.862.